The number of nitrogens with zero attached hydrogens (tertiary/aromatic N) is 1. The molecule has 1 heteroatoms. The summed E-state index contributed by atoms with van der Waals surface area (Å²) in [5.74, 6) is 1.06. The number of hydrogen-bond donors (Lipinski definition) is 0. The highest BCUT2D eigenvalue weighted by Crippen LogP contribution is 2.33. The van der Waals surface area contributed by atoms with Crippen LogP contribution < -0.4 is 0 Å². The molecule has 0 aromatic heterocycles. The van der Waals surface area contributed by atoms with E-state index in [4.69, 9.17) is 0 Å². The van der Waals surface area contributed by atoms with Crippen molar-refractivity contribution in [1.29, 1.82) is 0 Å². The molecule has 1 aliphatic carbocycles. The molecule has 0 amide bonds. The van der Waals surface area contributed by atoms with Gasteiger partial charge in [0.2, 0.25) is 0 Å². The third-order valence-electron chi connectivity index (χ3n) is 2.92. The SMILES string of the molecule is CN1CC2CCCC1C2. The second-order valence-corrected chi connectivity index (χ2v) is 3.63. The maximum Gasteiger partial charge on any atom is 0.00954 e. The molecule has 2 atom stereocenters. The zero-order chi connectivity index (χ0) is 6.27. The van der Waals surface area contributed by atoms with E-state index in [1.807, 2.05) is 0 Å². The van der Waals surface area contributed by atoms with Gasteiger partial charge >= 0.3 is 0 Å². The van der Waals surface area contributed by atoms with Crippen molar-refractivity contribution in [2.75, 3.05) is 13.6 Å². The van der Waals surface area contributed by atoms with Crippen molar-refractivity contribution in [2.45, 2.75) is 31.7 Å². The average molecular weight is 125 g/mol. The molecule has 0 N–H and O–H groups in total. The van der Waals surface area contributed by atoms with Crippen LogP contribution in [0, 0.1) is 5.92 Å². The van der Waals surface area contributed by atoms with Gasteiger partial charge in [-0.2, -0.15) is 0 Å². The van der Waals surface area contributed by atoms with Crippen LogP contribution in [0.15, 0.2) is 0 Å². The first kappa shape index (κ1) is 5.72. The van der Waals surface area contributed by atoms with Crippen molar-refractivity contribution >= 4 is 0 Å². The van der Waals surface area contributed by atoms with E-state index in [0.29, 0.717) is 0 Å². The molecular weight excluding hydrogens is 110 g/mol. The Labute approximate surface area is 57.0 Å². The third kappa shape index (κ3) is 0.877. The quantitative estimate of drug-likeness (QED) is 0.474. The molecule has 2 unspecified atom stereocenters. The van der Waals surface area contributed by atoms with E-state index in [9.17, 15) is 0 Å². The molecule has 1 saturated heterocycles. The Kier molecular flexibility index (Phi) is 1.26. The molecule has 0 aromatic rings. The highest BCUT2D eigenvalue weighted by molar-refractivity contribution is 4.87. The minimum Gasteiger partial charge on any atom is -0.303 e. The predicted octanol–water partition coefficient (Wildman–Crippen LogP) is 1.49. The van der Waals surface area contributed by atoms with E-state index in [-0.39, 0.29) is 0 Å². The largest absolute Gasteiger partial charge is 0.303 e. The molecule has 0 aromatic carbocycles. The molecule has 2 bridgehead atoms. The first-order valence-corrected chi connectivity index (χ1v) is 4.06. The molecule has 1 heterocycles. The molecule has 1 nitrogen and oxygen atoms in total. The maximum absolute atomic E-state index is 2.54. The zero-order valence-corrected chi connectivity index (χ0v) is 6.14. The van der Waals surface area contributed by atoms with Crippen molar-refractivity contribution in [3.8, 4) is 0 Å². The summed E-state index contributed by atoms with van der Waals surface area (Å²) in [7, 11) is 2.27. The molecule has 2 rings (SSSR count). The minimum absolute atomic E-state index is 0.962. The maximum atomic E-state index is 2.54. The number of hydrogen-bond acceptors (Lipinski definition) is 1. The van der Waals surface area contributed by atoms with E-state index < -0.39 is 0 Å². The molecule has 1 saturated carbocycles. The van der Waals surface area contributed by atoms with Gasteiger partial charge in [0.15, 0.2) is 0 Å². The summed E-state index contributed by atoms with van der Waals surface area (Å²) in [6.45, 7) is 1.38. The standard InChI is InChI=1S/C8H15N/c1-9-6-7-3-2-4-8(9)5-7/h7-8H,2-6H2,1H3. The Morgan fingerprint density at radius 2 is 2.22 bits per heavy atom. The summed E-state index contributed by atoms with van der Waals surface area (Å²) < 4.78 is 0. The van der Waals surface area contributed by atoms with Gasteiger partial charge in [0.05, 0.1) is 0 Å². The predicted molar refractivity (Wildman–Crippen MR) is 38.4 cm³/mol. The lowest BCUT2D eigenvalue weighted by atomic mass is 9.91. The van der Waals surface area contributed by atoms with Crippen LogP contribution in [0.4, 0.5) is 0 Å². The summed E-state index contributed by atoms with van der Waals surface area (Å²) in [6.07, 6.45) is 5.95. The highest BCUT2D eigenvalue weighted by atomic mass is 15.2. The summed E-state index contributed by atoms with van der Waals surface area (Å²) in [4.78, 5) is 2.54. The van der Waals surface area contributed by atoms with Crippen LogP contribution in [0.25, 0.3) is 0 Å². The zero-order valence-electron chi connectivity index (χ0n) is 6.14. The van der Waals surface area contributed by atoms with Gasteiger partial charge in [0, 0.05) is 12.6 Å². The van der Waals surface area contributed by atoms with Gasteiger partial charge in [-0.1, -0.05) is 6.42 Å². The van der Waals surface area contributed by atoms with Crippen LogP contribution in [0.1, 0.15) is 25.7 Å². The van der Waals surface area contributed by atoms with Gasteiger partial charge in [-0.15, -0.1) is 0 Å². The lowest BCUT2D eigenvalue weighted by Gasteiger charge is -2.19. The summed E-state index contributed by atoms with van der Waals surface area (Å²) in [5.41, 5.74) is 0. The van der Waals surface area contributed by atoms with Crippen LogP contribution in [-0.2, 0) is 0 Å². The lowest BCUT2D eigenvalue weighted by Crippen LogP contribution is -2.23. The molecule has 0 spiro atoms. The minimum atomic E-state index is 0.962. The fourth-order valence-electron chi connectivity index (χ4n) is 2.39. The molecule has 52 valence electrons. The normalized spacial score (nSPS) is 43.7. The van der Waals surface area contributed by atoms with Crippen molar-refractivity contribution in [1.82, 2.24) is 4.90 Å². The molecule has 2 fully saturated rings. The van der Waals surface area contributed by atoms with Crippen LogP contribution in [0.5, 0.6) is 0 Å². The van der Waals surface area contributed by atoms with Crippen molar-refractivity contribution in [3.63, 3.8) is 0 Å². The van der Waals surface area contributed by atoms with Crippen LogP contribution in [0.2, 0.25) is 0 Å². The van der Waals surface area contributed by atoms with Crippen molar-refractivity contribution in [2.24, 2.45) is 5.92 Å². The summed E-state index contributed by atoms with van der Waals surface area (Å²) in [6, 6.07) is 0.962. The summed E-state index contributed by atoms with van der Waals surface area (Å²) >= 11 is 0. The van der Waals surface area contributed by atoms with Crippen LogP contribution >= 0.6 is 0 Å². The molecule has 2 aliphatic rings. The van der Waals surface area contributed by atoms with E-state index in [1.165, 1.54) is 32.2 Å². The Balaban J connectivity index is 2.07. The lowest BCUT2D eigenvalue weighted by molar-refractivity contribution is 0.295. The smallest absolute Gasteiger partial charge is 0.00954 e. The molecule has 0 radical (unpaired) electrons. The van der Waals surface area contributed by atoms with E-state index in [2.05, 4.69) is 11.9 Å². The number of fused-ring (bicyclic) bond motifs is 2. The van der Waals surface area contributed by atoms with Gasteiger partial charge in [0.25, 0.3) is 0 Å². The monoisotopic (exact) mass is 125 g/mol. The van der Waals surface area contributed by atoms with Gasteiger partial charge in [0.1, 0.15) is 0 Å². The van der Waals surface area contributed by atoms with E-state index in [0.717, 1.165) is 12.0 Å². The fraction of sp³-hybridized carbons (Fsp3) is 1.00. The van der Waals surface area contributed by atoms with Gasteiger partial charge < -0.3 is 4.90 Å². The molecule has 1 aliphatic heterocycles. The van der Waals surface area contributed by atoms with E-state index in [1.54, 1.807) is 0 Å². The Morgan fingerprint density at radius 1 is 1.33 bits per heavy atom. The average Bonchev–Trinajstić information content (AvgIpc) is 2.09. The van der Waals surface area contributed by atoms with Crippen molar-refractivity contribution < 1.29 is 0 Å². The fourth-order valence-corrected chi connectivity index (χ4v) is 2.39. The Morgan fingerprint density at radius 3 is 2.89 bits per heavy atom. The Bertz CT molecular complexity index is 109. The number of rotatable bonds is 0. The van der Waals surface area contributed by atoms with Gasteiger partial charge in [-0.05, 0) is 32.2 Å². The first-order chi connectivity index (χ1) is 4.36. The second kappa shape index (κ2) is 1.98. The van der Waals surface area contributed by atoms with Gasteiger partial charge in [-0.3, -0.25) is 0 Å². The molecular formula is C8H15N. The topological polar surface area (TPSA) is 3.24 Å². The van der Waals surface area contributed by atoms with Crippen LogP contribution in [-0.4, -0.2) is 24.5 Å². The van der Waals surface area contributed by atoms with Crippen molar-refractivity contribution in [3.05, 3.63) is 0 Å². The Hall–Kier alpha value is -0.0400. The third-order valence-corrected chi connectivity index (χ3v) is 2.92. The summed E-state index contributed by atoms with van der Waals surface area (Å²) in [5, 5.41) is 0. The van der Waals surface area contributed by atoms with Gasteiger partial charge in [-0.25, -0.2) is 0 Å². The molecule has 9 heavy (non-hydrogen) atoms. The highest BCUT2D eigenvalue weighted by Gasteiger charge is 2.32. The number of likely N-dealkylation sites (tertiary alicyclic amines) is 1. The first-order valence-electron chi connectivity index (χ1n) is 4.06. The van der Waals surface area contributed by atoms with Crippen LogP contribution in [0.3, 0.4) is 0 Å². The second-order valence-electron chi connectivity index (χ2n) is 3.63. The van der Waals surface area contributed by atoms with E-state index >= 15 is 0 Å².